The second kappa shape index (κ2) is 9.67. The maximum absolute atomic E-state index is 13.3. The predicted molar refractivity (Wildman–Crippen MR) is 118 cm³/mol. The van der Waals surface area contributed by atoms with E-state index < -0.39 is 10.0 Å². The molecule has 2 aromatic carbocycles. The lowest BCUT2D eigenvalue weighted by Gasteiger charge is -2.21. The topological polar surface area (TPSA) is 92.8 Å². The quantitative estimate of drug-likeness (QED) is 0.413. The lowest BCUT2D eigenvalue weighted by Crippen LogP contribution is -2.30. The predicted octanol–water partition coefficient (Wildman–Crippen LogP) is 4.19. The van der Waals surface area contributed by atoms with Crippen molar-refractivity contribution >= 4 is 15.9 Å². The number of carbonyl (C=O) groups excluding carboxylic acids is 1. The van der Waals surface area contributed by atoms with Crippen LogP contribution in [-0.2, 0) is 29.7 Å². The maximum atomic E-state index is 13.3. The molecule has 0 saturated carbocycles. The zero-order chi connectivity index (χ0) is 22.4. The molecule has 0 bridgehead atoms. The Hall–Kier alpha value is -3.62. The molecule has 0 radical (unpaired) electrons. The normalized spacial score (nSPS) is 11.4. The number of sulfonamides is 1. The van der Waals surface area contributed by atoms with Crippen LogP contribution >= 0.6 is 0 Å². The van der Waals surface area contributed by atoms with E-state index in [-0.39, 0.29) is 36.0 Å². The van der Waals surface area contributed by atoms with E-state index in [1.807, 2.05) is 30.3 Å². The summed E-state index contributed by atoms with van der Waals surface area (Å²) < 4.78 is 39.0. The highest BCUT2D eigenvalue weighted by molar-refractivity contribution is 7.89. The van der Waals surface area contributed by atoms with Gasteiger partial charge in [-0.3, -0.25) is 4.79 Å². The molecule has 0 saturated heterocycles. The Morgan fingerprint density at radius 2 is 1.47 bits per heavy atom. The highest BCUT2D eigenvalue weighted by Gasteiger charge is 2.21. The molecule has 7 nitrogen and oxygen atoms in total. The third kappa shape index (κ3) is 5.35. The molecule has 0 unspecified atom stereocenters. The summed E-state index contributed by atoms with van der Waals surface area (Å²) in [4.78, 5) is 14.8. The zero-order valence-electron chi connectivity index (χ0n) is 17.2. The van der Waals surface area contributed by atoms with E-state index in [2.05, 4.69) is 4.72 Å². The lowest BCUT2D eigenvalue weighted by molar-refractivity contribution is 0.0704. The summed E-state index contributed by atoms with van der Waals surface area (Å²) in [6, 6.07) is 22.3. The second-order valence-corrected chi connectivity index (χ2v) is 8.92. The Morgan fingerprint density at radius 3 is 2.06 bits per heavy atom. The number of rotatable bonds is 9. The number of hydrogen-bond acceptors (Lipinski definition) is 5. The van der Waals surface area contributed by atoms with Gasteiger partial charge in [0.05, 0.1) is 30.5 Å². The number of furan rings is 2. The maximum Gasteiger partial charge on any atom is 0.254 e. The van der Waals surface area contributed by atoms with Crippen molar-refractivity contribution in [1.29, 1.82) is 0 Å². The summed E-state index contributed by atoms with van der Waals surface area (Å²) in [5.74, 6) is 0.884. The average molecular weight is 451 g/mol. The van der Waals surface area contributed by atoms with E-state index in [4.69, 9.17) is 8.83 Å². The van der Waals surface area contributed by atoms with E-state index >= 15 is 0 Å². The second-order valence-electron chi connectivity index (χ2n) is 7.16. The lowest BCUT2D eigenvalue weighted by atomic mass is 10.2. The molecule has 0 aliphatic carbocycles. The molecule has 0 fully saturated rings. The van der Waals surface area contributed by atoms with Crippen LogP contribution in [0.3, 0.4) is 0 Å². The summed E-state index contributed by atoms with van der Waals surface area (Å²) in [6.45, 7) is 0.593. The fourth-order valence-corrected chi connectivity index (χ4v) is 4.28. The number of nitrogens with zero attached hydrogens (tertiary/aromatic N) is 1. The Balaban J connectivity index is 1.54. The van der Waals surface area contributed by atoms with E-state index in [1.54, 1.807) is 41.3 Å². The first-order chi connectivity index (χ1) is 15.5. The highest BCUT2D eigenvalue weighted by atomic mass is 32.2. The third-order valence-electron chi connectivity index (χ3n) is 4.84. The van der Waals surface area contributed by atoms with Gasteiger partial charge in [0.25, 0.3) is 5.91 Å². The van der Waals surface area contributed by atoms with Gasteiger partial charge in [0.1, 0.15) is 11.5 Å². The van der Waals surface area contributed by atoms with Crippen LogP contribution in [0.5, 0.6) is 0 Å². The molecule has 0 aliphatic rings. The van der Waals surface area contributed by atoms with Crippen molar-refractivity contribution in [2.75, 3.05) is 0 Å². The van der Waals surface area contributed by atoms with Crippen LogP contribution in [-0.4, -0.2) is 19.2 Å². The SMILES string of the molecule is O=C(c1cccc(S(=O)(=O)NCc2ccccc2)c1)N(Cc1ccco1)Cc1ccco1. The third-order valence-corrected chi connectivity index (χ3v) is 6.24. The van der Waals surface area contributed by atoms with Crippen molar-refractivity contribution < 1.29 is 22.0 Å². The van der Waals surface area contributed by atoms with Gasteiger partial charge in [-0.25, -0.2) is 13.1 Å². The monoisotopic (exact) mass is 450 g/mol. The van der Waals surface area contributed by atoms with Crippen LogP contribution in [0, 0.1) is 0 Å². The summed E-state index contributed by atoms with van der Waals surface area (Å²) in [5, 5.41) is 0. The number of benzene rings is 2. The first-order valence-electron chi connectivity index (χ1n) is 9.99. The van der Waals surface area contributed by atoms with E-state index in [1.165, 1.54) is 24.7 Å². The van der Waals surface area contributed by atoms with Crippen molar-refractivity contribution in [1.82, 2.24) is 9.62 Å². The molecule has 8 heteroatoms. The number of carbonyl (C=O) groups is 1. The van der Waals surface area contributed by atoms with E-state index in [0.717, 1.165) is 5.56 Å². The summed E-state index contributed by atoms with van der Waals surface area (Å²) in [7, 11) is -3.80. The Kier molecular flexibility index (Phi) is 6.53. The Labute approximate surface area is 186 Å². The van der Waals surface area contributed by atoms with E-state index in [9.17, 15) is 13.2 Å². The van der Waals surface area contributed by atoms with Gasteiger partial charge >= 0.3 is 0 Å². The molecule has 0 atom stereocenters. The van der Waals surface area contributed by atoms with Crippen LogP contribution < -0.4 is 4.72 Å². The van der Waals surface area contributed by atoms with Crippen LogP contribution in [0.25, 0.3) is 0 Å². The molecular weight excluding hydrogens is 428 g/mol. The summed E-state index contributed by atoms with van der Waals surface area (Å²) in [6.07, 6.45) is 3.08. The molecule has 2 aromatic heterocycles. The minimum absolute atomic E-state index is 0.0234. The minimum atomic E-state index is -3.80. The first-order valence-corrected chi connectivity index (χ1v) is 11.5. The van der Waals surface area contributed by atoms with Crippen LogP contribution in [0.2, 0.25) is 0 Å². The van der Waals surface area contributed by atoms with Gasteiger partial charge in [-0.05, 0) is 48.0 Å². The zero-order valence-corrected chi connectivity index (χ0v) is 18.0. The largest absolute Gasteiger partial charge is 0.467 e. The summed E-state index contributed by atoms with van der Waals surface area (Å²) >= 11 is 0. The highest BCUT2D eigenvalue weighted by Crippen LogP contribution is 2.18. The molecule has 2 heterocycles. The number of nitrogens with one attached hydrogen (secondary N) is 1. The number of amides is 1. The van der Waals surface area contributed by atoms with E-state index in [0.29, 0.717) is 11.5 Å². The molecule has 1 amide bonds. The van der Waals surface area contributed by atoms with Crippen LogP contribution in [0.15, 0.2) is 105 Å². The van der Waals surface area contributed by atoms with Gasteiger partial charge in [-0.1, -0.05) is 36.4 Å². The van der Waals surface area contributed by atoms with Gasteiger partial charge in [0.2, 0.25) is 10.0 Å². The number of hydrogen-bond donors (Lipinski definition) is 1. The van der Waals surface area contributed by atoms with Crippen molar-refractivity contribution in [2.24, 2.45) is 0 Å². The molecule has 164 valence electrons. The molecular formula is C24H22N2O5S. The Bertz CT molecular complexity index is 1210. The van der Waals surface area contributed by atoms with Gasteiger partial charge in [0.15, 0.2) is 0 Å². The van der Waals surface area contributed by atoms with Crippen molar-refractivity contribution in [3.8, 4) is 0 Å². The fourth-order valence-electron chi connectivity index (χ4n) is 3.22. The van der Waals surface area contributed by atoms with Crippen molar-refractivity contribution in [2.45, 2.75) is 24.5 Å². The van der Waals surface area contributed by atoms with Gasteiger partial charge in [0, 0.05) is 12.1 Å². The van der Waals surface area contributed by atoms with Crippen LogP contribution in [0.1, 0.15) is 27.4 Å². The minimum Gasteiger partial charge on any atom is -0.467 e. The van der Waals surface area contributed by atoms with Gasteiger partial charge in [-0.15, -0.1) is 0 Å². The van der Waals surface area contributed by atoms with Gasteiger partial charge < -0.3 is 13.7 Å². The smallest absolute Gasteiger partial charge is 0.254 e. The molecule has 1 N–H and O–H groups in total. The molecule has 32 heavy (non-hydrogen) atoms. The van der Waals surface area contributed by atoms with Crippen molar-refractivity contribution in [3.63, 3.8) is 0 Å². The molecule has 0 aliphatic heterocycles. The van der Waals surface area contributed by atoms with Crippen molar-refractivity contribution in [3.05, 3.63) is 114 Å². The molecule has 4 rings (SSSR count). The first kappa shape index (κ1) is 21.6. The molecule has 4 aromatic rings. The molecule has 0 spiro atoms. The summed E-state index contributed by atoms with van der Waals surface area (Å²) in [5.41, 5.74) is 1.09. The average Bonchev–Trinajstić information content (AvgIpc) is 3.52. The standard InChI is InChI=1S/C24H22N2O5S/c27-24(26(17-21-10-5-13-30-21)18-22-11-6-14-31-22)20-9-4-12-23(15-20)32(28,29)25-16-19-7-2-1-3-8-19/h1-15,25H,16-18H2. The fraction of sp³-hybridized carbons (Fsp3) is 0.125. The van der Waals surface area contributed by atoms with Gasteiger partial charge in [-0.2, -0.15) is 0 Å². The Morgan fingerprint density at radius 1 is 0.812 bits per heavy atom. The van der Waals surface area contributed by atoms with Crippen LogP contribution in [0.4, 0.5) is 0 Å².